The van der Waals surface area contributed by atoms with Gasteiger partial charge < -0.3 is 15.8 Å². The van der Waals surface area contributed by atoms with Crippen molar-refractivity contribution in [3.05, 3.63) is 57.5 Å². The summed E-state index contributed by atoms with van der Waals surface area (Å²) in [4.78, 5) is 0. The quantitative estimate of drug-likeness (QED) is 0.755. The molecule has 0 fully saturated rings. The van der Waals surface area contributed by atoms with Crippen molar-refractivity contribution in [2.75, 3.05) is 19.0 Å². The van der Waals surface area contributed by atoms with Gasteiger partial charge in [0, 0.05) is 22.7 Å². The number of benzene rings is 2. The molecule has 22 heavy (non-hydrogen) atoms. The van der Waals surface area contributed by atoms with E-state index in [0.717, 1.165) is 22.3 Å². The SMILES string of the molecule is CC(N)c1cccc(Br)c1.CCNc1ccc(OC)c(Cl)c1. The summed E-state index contributed by atoms with van der Waals surface area (Å²) in [7, 11) is 1.61. The monoisotopic (exact) mass is 384 g/mol. The molecule has 1 unspecified atom stereocenters. The minimum atomic E-state index is 0.123. The molecular weight excluding hydrogens is 364 g/mol. The van der Waals surface area contributed by atoms with Crippen molar-refractivity contribution in [3.63, 3.8) is 0 Å². The summed E-state index contributed by atoms with van der Waals surface area (Å²) in [6.45, 7) is 4.91. The van der Waals surface area contributed by atoms with Crippen LogP contribution in [0.4, 0.5) is 5.69 Å². The minimum Gasteiger partial charge on any atom is -0.495 e. The molecule has 0 aliphatic rings. The zero-order valence-electron chi connectivity index (χ0n) is 13.1. The Morgan fingerprint density at radius 2 is 2.00 bits per heavy atom. The molecule has 0 bridgehead atoms. The molecule has 1 atom stereocenters. The first kappa shape index (κ1) is 18.8. The maximum atomic E-state index is 5.90. The summed E-state index contributed by atoms with van der Waals surface area (Å²) in [5.41, 5.74) is 7.84. The fourth-order valence-corrected chi connectivity index (χ4v) is 2.44. The van der Waals surface area contributed by atoms with E-state index < -0.39 is 0 Å². The maximum absolute atomic E-state index is 5.90. The Morgan fingerprint density at radius 3 is 2.45 bits per heavy atom. The van der Waals surface area contributed by atoms with Crippen LogP contribution in [0.1, 0.15) is 25.5 Å². The van der Waals surface area contributed by atoms with Gasteiger partial charge in [-0.3, -0.25) is 0 Å². The first-order chi connectivity index (χ1) is 10.5. The van der Waals surface area contributed by atoms with Crippen molar-refractivity contribution in [2.24, 2.45) is 5.73 Å². The Hall–Kier alpha value is -1.23. The smallest absolute Gasteiger partial charge is 0.137 e. The highest BCUT2D eigenvalue weighted by Crippen LogP contribution is 2.26. The molecule has 3 N–H and O–H groups in total. The number of nitrogens with two attached hydrogens (primary N) is 1. The van der Waals surface area contributed by atoms with E-state index in [9.17, 15) is 0 Å². The van der Waals surface area contributed by atoms with Gasteiger partial charge in [-0.25, -0.2) is 0 Å². The van der Waals surface area contributed by atoms with Gasteiger partial charge in [0.2, 0.25) is 0 Å². The molecule has 3 nitrogen and oxygen atoms in total. The van der Waals surface area contributed by atoms with Crippen molar-refractivity contribution < 1.29 is 4.74 Å². The van der Waals surface area contributed by atoms with Gasteiger partial charge in [0.1, 0.15) is 5.75 Å². The van der Waals surface area contributed by atoms with Gasteiger partial charge in [-0.15, -0.1) is 0 Å². The lowest BCUT2D eigenvalue weighted by atomic mass is 10.1. The summed E-state index contributed by atoms with van der Waals surface area (Å²) in [5, 5.41) is 3.79. The van der Waals surface area contributed by atoms with E-state index in [1.807, 2.05) is 56.3 Å². The lowest BCUT2D eigenvalue weighted by Crippen LogP contribution is -2.04. The van der Waals surface area contributed by atoms with Crippen molar-refractivity contribution >= 4 is 33.2 Å². The zero-order valence-corrected chi connectivity index (χ0v) is 15.4. The Morgan fingerprint density at radius 1 is 1.27 bits per heavy atom. The molecule has 2 aromatic carbocycles. The number of hydrogen-bond acceptors (Lipinski definition) is 3. The summed E-state index contributed by atoms with van der Waals surface area (Å²) in [5.74, 6) is 0.707. The van der Waals surface area contributed by atoms with Gasteiger partial charge in [-0.1, -0.05) is 39.7 Å². The molecule has 0 radical (unpaired) electrons. The Bertz CT molecular complexity index is 591. The first-order valence-electron chi connectivity index (χ1n) is 7.06. The van der Waals surface area contributed by atoms with Gasteiger partial charge in [0.05, 0.1) is 12.1 Å². The standard InChI is InChI=1S/C9H12ClNO.C8H10BrN/c1-3-11-7-4-5-9(12-2)8(10)6-7;1-6(10)7-3-2-4-8(9)5-7/h4-6,11H,3H2,1-2H3;2-6H,10H2,1H3. The van der Waals surface area contributed by atoms with E-state index in [4.69, 9.17) is 22.1 Å². The average molecular weight is 386 g/mol. The number of nitrogens with one attached hydrogen (secondary N) is 1. The second-order valence-electron chi connectivity index (χ2n) is 4.72. The lowest BCUT2D eigenvalue weighted by molar-refractivity contribution is 0.415. The number of rotatable bonds is 4. The van der Waals surface area contributed by atoms with E-state index in [2.05, 4.69) is 21.2 Å². The third-order valence-corrected chi connectivity index (χ3v) is 3.70. The fourth-order valence-electron chi connectivity index (χ4n) is 1.77. The molecule has 0 aliphatic heterocycles. The Labute approximate surface area is 145 Å². The van der Waals surface area contributed by atoms with Crippen LogP contribution in [0.25, 0.3) is 0 Å². The van der Waals surface area contributed by atoms with Crippen LogP contribution in [-0.2, 0) is 0 Å². The third kappa shape index (κ3) is 6.26. The number of anilines is 1. The lowest BCUT2D eigenvalue weighted by Gasteiger charge is -2.06. The molecule has 0 aliphatic carbocycles. The second kappa shape index (κ2) is 9.72. The topological polar surface area (TPSA) is 47.3 Å². The molecule has 5 heteroatoms. The largest absolute Gasteiger partial charge is 0.495 e. The van der Waals surface area contributed by atoms with E-state index in [1.54, 1.807) is 7.11 Å². The molecular formula is C17H22BrClN2O. The van der Waals surface area contributed by atoms with Crippen LogP contribution >= 0.6 is 27.5 Å². The summed E-state index contributed by atoms with van der Waals surface area (Å²) in [6, 6.07) is 13.8. The number of methoxy groups -OCH3 is 1. The number of hydrogen-bond donors (Lipinski definition) is 2. The number of ether oxygens (including phenoxy) is 1. The number of halogens is 2. The molecule has 120 valence electrons. The van der Waals surface area contributed by atoms with Crippen molar-refractivity contribution in [1.82, 2.24) is 0 Å². The van der Waals surface area contributed by atoms with Gasteiger partial charge >= 0.3 is 0 Å². The van der Waals surface area contributed by atoms with Crippen LogP contribution in [0.3, 0.4) is 0 Å². The normalized spacial score (nSPS) is 11.2. The van der Waals surface area contributed by atoms with Gasteiger partial charge in [-0.2, -0.15) is 0 Å². The highest BCUT2D eigenvalue weighted by molar-refractivity contribution is 9.10. The third-order valence-electron chi connectivity index (χ3n) is 2.91. The van der Waals surface area contributed by atoms with E-state index in [0.29, 0.717) is 10.8 Å². The van der Waals surface area contributed by atoms with Crippen LogP contribution in [0.5, 0.6) is 5.75 Å². The zero-order chi connectivity index (χ0) is 16.5. The predicted molar refractivity (Wildman–Crippen MR) is 98.9 cm³/mol. The van der Waals surface area contributed by atoms with Gasteiger partial charge in [0.25, 0.3) is 0 Å². The second-order valence-corrected chi connectivity index (χ2v) is 6.05. The Balaban J connectivity index is 0.000000224. The van der Waals surface area contributed by atoms with Crippen LogP contribution < -0.4 is 15.8 Å². The molecule has 0 amide bonds. The highest BCUT2D eigenvalue weighted by Gasteiger charge is 1.99. The van der Waals surface area contributed by atoms with Crippen molar-refractivity contribution in [2.45, 2.75) is 19.9 Å². The summed E-state index contributed by atoms with van der Waals surface area (Å²) >= 11 is 9.28. The average Bonchev–Trinajstić information content (AvgIpc) is 2.48. The molecule has 2 aromatic rings. The molecule has 0 spiro atoms. The molecule has 0 saturated heterocycles. The van der Waals surface area contributed by atoms with Crippen LogP contribution in [0, 0.1) is 0 Å². The predicted octanol–water partition coefficient (Wildman–Crippen LogP) is 5.25. The minimum absolute atomic E-state index is 0.123. The van der Waals surface area contributed by atoms with Crippen molar-refractivity contribution in [3.8, 4) is 5.75 Å². The molecule has 0 saturated carbocycles. The fraction of sp³-hybridized carbons (Fsp3) is 0.294. The van der Waals surface area contributed by atoms with E-state index in [-0.39, 0.29) is 6.04 Å². The summed E-state index contributed by atoms with van der Waals surface area (Å²) in [6.07, 6.45) is 0. The van der Waals surface area contributed by atoms with Crippen LogP contribution in [0.2, 0.25) is 5.02 Å². The van der Waals surface area contributed by atoms with Crippen LogP contribution in [0.15, 0.2) is 46.9 Å². The molecule has 0 aromatic heterocycles. The summed E-state index contributed by atoms with van der Waals surface area (Å²) < 4.78 is 6.10. The first-order valence-corrected chi connectivity index (χ1v) is 8.23. The van der Waals surface area contributed by atoms with Gasteiger partial charge in [-0.05, 0) is 49.7 Å². The molecule has 0 heterocycles. The van der Waals surface area contributed by atoms with Crippen molar-refractivity contribution in [1.29, 1.82) is 0 Å². The van der Waals surface area contributed by atoms with Gasteiger partial charge in [0.15, 0.2) is 0 Å². The van der Waals surface area contributed by atoms with E-state index >= 15 is 0 Å². The highest BCUT2D eigenvalue weighted by atomic mass is 79.9. The Kier molecular flexibility index (Phi) is 8.31. The van der Waals surface area contributed by atoms with E-state index in [1.165, 1.54) is 0 Å². The molecule has 2 rings (SSSR count). The maximum Gasteiger partial charge on any atom is 0.137 e. The van der Waals surface area contributed by atoms with Crippen LogP contribution in [-0.4, -0.2) is 13.7 Å².